The van der Waals surface area contributed by atoms with Gasteiger partial charge in [0.25, 0.3) is 5.56 Å². The minimum absolute atomic E-state index is 0.0634. The molecule has 0 saturated carbocycles. The summed E-state index contributed by atoms with van der Waals surface area (Å²) < 4.78 is 3.31. The zero-order valence-corrected chi connectivity index (χ0v) is 9.43. The Morgan fingerprint density at radius 2 is 2.06 bits per heavy atom. The fraction of sp³-hybridized carbons (Fsp3) is 0.300. The van der Waals surface area contributed by atoms with E-state index in [1.807, 2.05) is 13.1 Å². The van der Waals surface area contributed by atoms with Crippen molar-refractivity contribution in [2.75, 3.05) is 12.4 Å². The average molecular weight is 219 g/mol. The molecule has 16 heavy (non-hydrogen) atoms. The van der Waals surface area contributed by atoms with Crippen molar-refractivity contribution in [2.45, 2.75) is 0 Å². The molecule has 2 heterocycles. The van der Waals surface area contributed by atoms with Gasteiger partial charge in [-0.05, 0) is 6.07 Å². The van der Waals surface area contributed by atoms with Crippen LogP contribution in [0.2, 0.25) is 0 Å². The lowest BCUT2D eigenvalue weighted by Gasteiger charge is -2.03. The van der Waals surface area contributed by atoms with Gasteiger partial charge in [0, 0.05) is 39.0 Å². The summed E-state index contributed by atoms with van der Waals surface area (Å²) in [5, 5.41) is 10.9. The molecule has 1 N–H and O–H groups in total. The Bertz CT molecular complexity index is 569. The number of aryl methyl sites for hydroxylation is 1. The van der Waals surface area contributed by atoms with Crippen molar-refractivity contribution in [3.63, 3.8) is 0 Å². The highest BCUT2D eigenvalue weighted by Crippen LogP contribution is 2.16. The second-order valence-corrected chi connectivity index (χ2v) is 3.52. The van der Waals surface area contributed by atoms with Crippen molar-refractivity contribution < 1.29 is 0 Å². The second-order valence-electron chi connectivity index (χ2n) is 3.52. The van der Waals surface area contributed by atoms with E-state index >= 15 is 0 Å². The number of nitrogens with one attached hydrogen (secondary N) is 1. The molecule has 0 fully saturated rings. The molecule has 2 aromatic rings. The SMILES string of the molecule is CNc1nnc(-c2ccn(C)c(=O)c2)n1C. The maximum absolute atomic E-state index is 11.5. The molecule has 0 atom stereocenters. The highest BCUT2D eigenvalue weighted by atomic mass is 16.1. The van der Waals surface area contributed by atoms with E-state index in [9.17, 15) is 4.79 Å². The topological polar surface area (TPSA) is 64.7 Å². The fourth-order valence-electron chi connectivity index (χ4n) is 1.49. The van der Waals surface area contributed by atoms with Crippen LogP contribution in [0.5, 0.6) is 0 Å². The highest BCUT2D eigenvalue weighted by Gasteiger charge is 2.09. The van der Waals surface area contributed by atoms with Gasteiger partial charge in [0.15, 0.2) is 5.82 Å². The lowest BCUT2D eigenvalue weighted by molar-refractivity contribution is 0.857. The molecule has 0 aromatic carbocycles. The summed E-state index contributed by atoms with van der Waals surface area (Å²) in [6.45, 7) is 0. The van der Waals surface area contributed by atoms with Gasteiger partial charge < -0.3 is 9.88 Å². The van der Waals surface area contributed by atoms with Crippen LogP contribution >= 0.6 is 0 Å². The summed E-state index contributed by atoms with van der Waals surface area (Å²) >= 11 is 0. The number of aromatic nitrogens is 4. The van der Waals surface area contributed by atoms with E-state index in [1.165, 1.54) is 4.57 Å². The first-order valence-corrected chi connectivity index (χ1v) is 4.87. The second kappa shape index (κ2) is 3.80. The molecule has 6 nitrogen and oxygen atoms in total. The summed E-state index contributed by atoms with van der Waals surface area (Å²) in [6, 6.07) is 3.38. The molecule has 0 aliphatic carbocycles. The van der Waals surface area contributed by atoms with Crippen LogP contribution in [0.4, 0.5) is 5.95 Å². The summed E-state index contributed by atoms with van der Waals surface area (Å²) in [4.78, 5) is 11.5. The average Bonchev–Trinajstić information content (AvgIpc) is 2.64. The first-order chi connectivity index (χ1) is 7.63. The Kier molecular flexibility index (Phi) is 2.47. The Morgan fingerprint density at radius 1 is 1.31 bits per heavy atom. The van der Waals surface area contributed by atoms with Crippen LogP contribution in [0.1, 0.15) is 0 Å². The molecular formula is C10H13N5O. The van der Waals surface area contributed by atoms with Gasteiger partial charge in [-0.1, -0.05) is 0 Å². The van der Waals surface area contributed by atoms with Crippen molar-refractivity contribution >= 4 is 5.95 Å². The third-order valence-electron chi connectivity index (χ3n) is 2.46. The molecule has 84 valence electrons. The zero-order valence-electron chi connectivity index (χ0n) is 9.43. The Balaban J connectivity index is 2.54. The van der Waals surface area contributed by atoms with Crippen LogP contribution in [0.25, 0.3) is 11.4 Å². The summed E-state index contributed by atoms with van der Waals surface area (Å²) in [5.74, 6) is 1.33. The number of nitrogens with zero attached hydrogens (tertiary/aromatic N) is 4. The van der Waals surface area contributed by atoms with E-state index in [0.717, 1.165) is 5.56 Å². The number of hydrogen-bond acceptors (Lipinski definition) is 4. The number of pyridine rings is 1. The van der Waals surface area contributed by atoms with Crippen molar-refractivity contribution in [3.05, 3.63) is 28.7 Å². The number of hydrogen-bond donors (Lipinski definition) is 1. The Hall–Kier alpha value is -2.11. The van der Waals surface area contributed by atoms with Gasteiger partial charge in [0.05, 0.1) is 0 Å². The highest BCUT2D eigenvalue weighted by molar-refractivity contribution is 5.56. The molecule has 0 spiro atoms. The van der Waals surface area contributed by atoms with Crippen LogP contribution in [0.15, 0.2) is 23.1 Å². The maximum Gasteiger partial charge on any atom is 0.250 e. The normalized spacial score (nSPS) is 10.4. The van der Waals surface area contributed by atoms with Crippen LogP contribution in [-0.4, -0.2) is 26.4 Å². The molecule has 0 aliphatic rings. The fourth-order valence-corrected chi connectivity index (χ4v) is 1.49. The standard InChI is InChI=1S/C10H13N5O/c1-11-10-13-12-9(15(10)3)7-4-5-14(2)8(16)6-7/h4-6H,1-3H3,(H,11,13). The van der Waals surface area contributed by atoms with Crippen molar-refractivity contribution in [1.82, 2.24) is 19.3 Å². The molecule has 0 bridgehead atoms. The Labute approximate surface area is 92.6 Å². The summed E-state index contributed by atoms with van der Waals surface area (Å²) in [7, 11) is 5.33. The Morgan fingerprint density at radius 3 is 2.62 bits per heavy atom. The summed E-state index contributed by atoms with van der Waals surface area (Å²) in [5.41, 5.74) is 0.700. The minimum Gasteiger partial charge on any atom is -0.357 e. The minimum atomic E-state index is -0.0634. The van der Waals surface area contributed by atoms with E-state index in [2.05, 4.69) is 15.5 Å². The van der Waals surface area contributed by atoms with Crippen molar-refractivity contribution in [3.8, 4) is 11.4 Å². The van der Waals surface area contributed by atoms with Crippen LogP contribution in [0.3, 0.4) is 0 Å². The van der Waals surface area contributed by atoms with Gasteiger partial charge in [0.1, 0.15) is 0 Å². The van der Waals surface area contributed by atoms with Gasteiger partial charge in [-0.2, -0.15) is 0 Å². The molecule has 2 rings (SSSR count). The molecule has 0 radical (unpaired) electrons. The maximum atomic E-state index is 11.5. The molecule has 0 aliphatic heterocycles. The van der Waals surface area contributed by atoms with E-state index in [-0.39, 0.29) is 5.56 Å². The first-order valence-electron chi connectivity index (χ1n) is 4.87. The molecule has 6 heteroatoms. The van der Waals surface area contributed by atoms with E-state index < -0.39 is 0 Å². The molecule has 0 saturated heterocycles. The third kappa shape index (κ3) is 1.58. The molecular weight excluding hydrogens is 206 g/mol. The molecule has 2 aromatic heterocycles. The zero-order chi connectivity index (χ0) is 11.7. The quantitative estimate of drug-likeness (QED) is 0.785. The van der Waals surface area contributed by atoms with E-state index in [0.29, 0.717) is 11.8 Å². The van der Waals surface area contributed by atoms with E-state index in [4.69, 9.17) is 0 Å². The lowest BCUT2D eigenvalue weighted by atomic mass is 10.2. The smallest absolute Gasteiger partial charge is 0.250 e. The van der Waals surface area contributed by atoms with Crippen LogP contribution in [-0.2, 0) is 14.1 Å². The first kappa shape index (κ1) is 10.4. The molecule has 0 amide bonds. The van der Waals surface area contributed by atoms with Crippen LogP contribution < -0.4 is 10.9 Å². The van der Waals surface area contributed by atoms with Gasteiger partial charge in [0.2, 0.25) is 5.95 Å². The van der Waals surface area contributed by atoms with Gasteiger partial charge in [-0.25, -0.2) is 0 Å². The largest absolute Gasteiger partial charge is 0.357 e. The van der Waals surface area contributed by atoms with E-state index in [1.54, 1.807) is 30.9 Å². The number of anilines is 1. The number of rotatable bonds is 2. The van der Waals surface area contributed by atoms with Gasteiger partial charge >= 0.3 is 0 Å². The van der Waals surface area contributed by atoms with Gasteiger partial charge in [-0.15, -0.1) is 10.2 Å². The van der Waals surface area contributed by atoms with Crippen molar-refractivity contribution in [2.24, 2.45) is 14.1 Å². The summed E-state index contributed by atoms with van der Waals surface area (Å²) in [6.07, 6.45) is 1.71. The van der Waals surface area contributed by atoms with Crippen LogP contribution in [0, 0.1) is 0 Å². The van der Waals surface area contributed by atoms with Crippen molar-refractivity contribution in [1.29, 1.82) is 0 Å². The predicted molar refractivity (Wildman–Crippen MR) is 61.2 cm³/mol. The molecule has 0 unspecified atom stereocenters. The lowest BCUT2D eigenvalue weighted by Crippen LogP contribution is -2.14. The monoisotopic (exact) mass is 219 g/mol. The predicted octanol–water partition coefficient (Wildman–Crippen LogP) is 0.222. The van der Waals surface area contributed by atoms with Gasteiger partial charge in [-0.3, -0.25) is 9.36 Å². The third-order valence-corrected chi connectivity index (χ3v) is 2.46.